The van der Waals surface area contributed by atoms with Gasteiger partial charge in [0.25, 0.3) is 0 Å². The average Bonchev–Trinajstić information content (AvgIpc) is 2.50. The van der Waals surface area contributed by atoms with Gasteiger partial charge in [0.15, 0.2) is 16.6 Å². The van der Waals surface area contributed by atoms with E-state index in [-0.39, 0.29) is 16.7 Å². The highest BCUT2D eigenvalue weighted by atomic mass is 28.4. The van der Waals surface area contributed by atoms with Gasteiger partial charge < -0.3 is 8.85 Å². The van der Waals surface area contributed by atoms with Gasteiger partial charge >= 0.3 is 0 Å². The topological polar surface area (TPSA) is 18.5 Å². The maximum absolute atomic E-state index is 6.74. The fourth-order valence-electron chi connectivity index (χ4n) is 3.24. The molecular formula is C23H48O2Si2. The summed E-state index contributed by atoms with van der Waals surface area (Å²) in [5.41, 5.74) is 2.36. The molecule has 0 spiro atoms. The van der Waals surface area contributed by atoms with Crippen LogP contribution in [-0.2, 0) is 8.85 Å². The van der Waals surface area contributed by atoms with E-state index in [4.69, 9.17) is 8.85 Å². The zero-order valence-electron chi connectivity index (χ0n) is 20.7. The van der Waals surface area contributed by atoms with Crippen LogP contribution in [-0.4, -0.2) is 28.3 Å². The Hall–Kier alpha value is -0.166. The predicted octanol–water partition coefficient (Wildman–Crippen LogP) is 8.09. The second kappa shape index (κ2) is 10.0. The molecule has 0 heterocycles. The summed E-state index contributed by atoms with van der Waals surface area (Å²) >= 11 is 0. The molecule has 0 aliphatic rings. The molecular weight excluding hydrogens is 364 g/mol. The van der Waals surface area contributed by atoms with Gasteiger partial charge in [-0.1, -0.05) is 59.3 Å². The first-order valence-electron chi connectivity index (χ1n) is 10.8. The van der Waals surface area contributed by atoms with E-state index in [0.717, 1.165) is 0 Å². The van der Waals surface area contributed by atoms with Gasteiger partial charge in [-0.25, -0.2) is 0 Å². The van der Waals surface area contributed by atoms with Crippen LogP contribution in [0.3, 0.4) is 0 Å². The fourth-order valence-corrected chi connectivity index (χ4v) is 7.72. The molecule has 1 atom stereocenters. The van der Waals surface area contributed by atoms with Gasteiger partial charge in [-0.05, 0) is 76.5 Å². The normalized spacial score (nSPS) is 15.3. The van der Waals surface area contributed by atoms with Crippen molar-refractivity contribution in [1.29, 1.82) is 0 Å². The maximum atomic E-state index is 6.74. The Kier molecular flexibility index (Phi) is 9.98. The standard InChI is InChI=1S/C23H48O2Si2/c1-14-27(15-2,16-3)25-23(10,11)18-17-21(19(4)5)20(6)24-26(12,13)22(7,8)9/h17-18,20H,14-16H2,1-13H3/b18-17-. The largest absolute Gasteiger partial charge is 0.410 e. The number of hydrogen-bond donors (Lipinski definition) is 0. The van der Waals surface area contributed by atoms with Crippen LogP contribution in [0.5, 0.6) is 0 Å². The van der Waals surface area contributed by atoms with E-state index in [9.17, 15) is 0 Å². The van der Waals surface area contributed by atoms with Crippen molar-refractivity contribution in [1.82, 2.24) is 0 Å². The number of allylic oxidation sites excluding steroid dienone is 1. The summed E-state index contributed by atoms with van der Waals surface area (Å²) in [7, 11) is -3.43. The second-order valence-corrected chi connectivity index (χ2v) is 19.7. The predicted molar refractivity (Wildman–Crippen MR) is 128 cm³/mol. The molecule has 0 aliphatic carbocycles. The third-order valence-electron chi connectivity index (χ3n) is 6.37. The Morgan fingerprint density at radius 2 is 1.37 bits per heavy atom. The maximum Gasteiger partial charge on any atom is 0.193 e. The van der Waals surface area contributed by atoms with Gasteiger partial charge in [0, 0.05) is 0 Å². The molecule has 0 N–H and O–H groups in total. The van der Waals surface area contributed by atoms with Crippen LogP contribution in [0.25, 0.3) is 0 Å². The van der Waals surface area contributed by atoms with Crippen molar-refractivity contribution >= 4 is 16.6 Å². The molecule has 0 saturated carbocycles. The van der Waals surface area contributed by atoms with E-state index in [0.29, 0.717) is 0 Å². The van der Waals surface area contributed by atoms with E-state index in [1.807, 2.05) is 0 Å². The van der Waals surface area contributed by atoms with Crippen molar-refractivity contribution in [2.24, 2.45) is 0 Å². The Bertz CT molecular complexity index is 509. The summed E-state index contributed by atoms with van der Waals surface area (Å²) in [5.74, 6) is 0. The highest BCUT2D eigenvalue weighted by Gasteiger charge is 2.39. The molecule has 0 aromatic heterocycles. The first-order valence-corrected chi connectivity index (χ1v) is 16.2. The molecule has 1 unspecified atom stereocenters. The smallest absolute Gasteiger partial charge is 0.193 e. The molecule has 0 aliphatic heterocycles. The number of rotatable bonds is 10. The molecule has 0 aromatic carbocycles. The highest BCUT2D eigenvalue weighted by molar-refractivity contribution is 6.74. The zero-order chi connectivity index (χ0) is 21.7. The van der Waals surface area contributed by atoms with Crippen molar-refractivity contribution in [2.45, 2.75) is 124 Å². The molecule has 0 fully saturated rings. The Morgan fingerprint density at radius 3 is 1.70 bits per heavy atom. The summed E-state index contributed by atoms with van der Waals surface area (Å²) in [6, 6.07) is 3.53. The van der Waals surface area contributed by atoms with Crippen molar-refractivity contribution in [3.63, 3.8) is 0 Å². The first-order chi connectivity index (χ1) is 12.1. The molecule has 2 nitrogen and oxygen atoms in total. The van der Waals surface area contributed by atoms with Gasteiger partial charge in [-0.3, -0.25) is 0 Å². The average molecular weight is 413 g/mol. The summed E-state index contributed by atoms with van der Waals surface area (Å²) < 4.78 is 13.4. The van der Waals surface area contributed by atoms with E-state index >= 15 is 0 Å². The van der Waals surface area contributed by atoms with Crippen LogP contribution in [0, 0.1) is 0 Å². The molecule has 0 saturated heterocycles. The van der Waals surface area contributed by atoms with Crippen LogP contribution in [0.2, 0.25) is 36.3 Å². The monoisotopic (exact) mass is 412 g/mol. The fraction of sp³-hybridized carbons (Fsp3) is 0.826. The minimum Gasteiger partial charge on any atom is -0.410 e. The van der Waals surface area contributed by atoms with Crippen LogP contribution in [0.1, 0.15) is 76.2 Å². The highest BCUT2D eigenvalue weighted by Crippen LogP contribution is 2.38. The molecule has 4 heteroatoms. The van der Waals surface area contributed by atoms with E-state index in [2.05, 4.69) is 101 Å². The lowest BCUT2D eigenvalue weighted by atomic mass is 10.0. The zero-order valence-corrected chi connectivity index (χ0v) is 22.7. The SMILES string of the molecule is CC[Si](CC)(CC)OC(C)(C)/C=C\C(=C(C)C)C(C)O[Si](C)(C)C(C)(C)C. The lowest BCUT2D eigenvalue weighted by molar-refractivity contribution is 0.146. The summed E-state index contributed by atoms with van der Waals surface area (Å²) in [6.45, 7) is 29.4. The molecule has 0 aromatic rings. The second-order valence-electron chi connectivity index (χ2n) is 10.3. The Labute approximate surface area is 173 Å². The molecule has 160 valence electrons. The van der Waals surface area contributed by atoms with Gasteiger partial charge in [0.1, 0.15) is 0 Å². The van der Waals surface area contributed by atoms with Crippen molar-refractivity contribution < 1.29 is 8.85 Å². The summed E-state index contributed by atoms with van der Waals surface area (Å²) in [5, 5.41) is 0.217. The molecule has 0 bridgehead atoms. The van der Waals surface area contributed by atoms with Gasteiger partial charge in [-0.2, -0.15) is 0 Å². The van der Waals surface area contributed by atoms with Gasteiger partial charge in [0.2, 0.25) is 0 Å². The van der Waals surface area contributed by atoms with Crippen molar-refractivity contribution in [2.75, 3.05) is 0 Å². The van der Waals surface area contributed by atoms with Crippen LogP contribution in [0.15, 0.2) is 23.3 Å². The lowest BCUT2D eigenvalue weighted by Crippen LogP contribution is -2.44. The van der Waals surface area contributed by atoms with E-state index in [1.165, 1.54) is 29.3 Å². The van der Waals surface area contributed by atoms with Gasteiger partial charge in [-0.15, -0.1) is 0 Å². The van der Waals surface area contributed by atoms with E-state index in [1.54, 1.807) is 0 Å². The van der Waals surface area contributed by atoms with Crippen molar-refractivity contribution in [3.8, 4) is 0 Å². The van der Waals surface area contributed by atoms with Crippen molar-refractivity contribution in [3.05, 3.63) is 23.3 Å². The molecule has 0 radical (unpaired) electrons. The van der Waals surface area contributed by atoms with Crippen LogP contribution < -0.4 is 0 Å². The molecule has 0 rings (SSSR count). The van der Waals surface area contributed by atoms with E-state index < -0.39 is 16.6 Å². The number of hydrogen-bond acceptors (Lipinski definition) is 2. The lowest BCUT2D eigenvalue weighted by Gasteiger charge is -2.39. The third kappa shape index (κ3) is 8.00. The van der Waals surface area contributed by atoms with Crippen LogP contribution >= 0.6 is 0 Å². The first kappa shape index (κ1) is 26.8. The Balaban J connectivity index is 5.51. The third-order valence-corrected chi connectivity index (χ3v) is 15.8. The Morgan fingerprint density at radius 1 is 0.926 bits per heavy atom. The van der Waals surface area contributed by atoms with Crippen LogP contribution in [0.4, 0.5) is 0 Å². The minimum absolute atomic E-state index is 0.105. The van der Waals surface area contributed by atoms with Gasteiger partial charge in [0.05, 0.1) is 11.7 Å². The summed E-state index contributed by atoms with van der Waals surface area (Å²) in [4.78, 5) is 0. The molecule has 27 heavy (non-hydrogen) atoms. The molecule has 0 amide bonds. The summed E-state index contributed by atoms with van der Waals surface area (Å²) in [6.07, 6.45) is 4.62. The quantitative estimate of drug-likeness (QED) is 0.266. The minimum atomic E-state index is -1.80.